The van der Waals surface area contributed by atoms with E-state index in [9.17, 15) is 4.79 Å². The molecule has 2 aliphatic rings. The number of halogens is 1. The Kier molecular flexibility index (Phi) is 3.39. The average Bonchev–Trinajstić information content (AvgIpc) is 2.36. The topological polar surface area (TPSA) is 32.3 Å². The fourth-order valence-electron chi connectivity index (χ4n) is 2.83. The number of piperidine rings is 1. The Hall–Kier alpha value is 0. The van der Waals surface area contributed by atoms with Crippen LogP contribution in [0.3, 0.4) is 0 Å². The van der Waals surface area contributed by atoms with Crippen LogP contribution >= 0.6 is 22.6 Å². The predicted molar refractivity (Wildman–Crippen MR) is 74.0 cm³/mol. The van der Waals surface area contributed by atoms with Gasteiger partial charge in [0.05, 0.1) is 0 Å². The first-order valence-corrected chi connectivity index (χ1v) is 7.36. The van der Waals surface area contributed by atoms with Crippen LogP contribution in [0.25, 0.3) is 0 Å². The summed E-state index contributed by atoms with van der Waals surface area (Å²) < 4.78 is 0.758. The van der Waals surface area contributed by atoms with Gasteiger partial charge in [0.1, 0.15) is 0 Å². The molecule has 2 bridgehead atoms. The number of fused-ring (bicyclic) bond motifs is 2. The van der Waals surface area contributed by atoms with Gasteiger partial charge in [0.15, 0.2) is 0 Å². The molecule has 4 heteroatoms. The summed E-state index contributed by atoms with van der Waals surface area (Å²) >= 11 is 2.53. The third-order valence-corrected chi connectivity index (χ3v) is 4.41. The lowest BCUT2D eigenvalue weighted by atomic mass is 10.0. The molecule has 2 rings (SSSR count). The summed E-state index contributed by atoms with van der Waals surface area (Å²) in [6, 6.07) is 1.12. The van der Waals surface area contributed by atoms with E-state index in [2.05, 4.69) is 32.8 Å². The maximum Gasteiger partial charge on any atom is 0.318 e. The van der Waals surface area contributed by atoms with E-state index in [1.165, 1.54) is 25.7 Å². The third kappa shape index (κ3) is 2.63. The van der Waals surface area contributed by atoms with Crippen molar-refractivity contribution in [1.29, 1.82) is 0 Å². The monoisotopic (exact) mass is 336 g/mol. The molecule has 1 unspecified atom stereocenters. The van der Waals surface area contributed by atoms with E-state index in [0.29, 0.717) is 12.1 Å². The Morgan fingerprint density at radius 2 is 1.75 bits per heavy atom. The quantitative estimate of drug-likeness (QED) is 0.535. The molecule has 2 aliphatic heterocycles. The van der Waals surface area contributed by atoms with Crippen LogP contribution in [-0.4, -0.2) is 32.5 Å². The zero-order valence-corrected chi connectivity index (χ0v) is 12.5. The SMILES string of the molecule is CC(C)(C)NC(=O)N1[C@@H]2CC[C@H]1CC(I)C2. The molecule has 16 heavy (non-hydrogen) atoms. The minimum atomic E-state index is -0.127. The van der Waals surface area contributed by atoms with Crippen molar-refractivity contribution in [2.75, 3.05) is 0 Å². The fraction of sp³-hybridized carbons (Fsp3) is 0.917. The third-order valence-electron chi connectivity index (χ3n) is 3.39. The van der Waals surface area contributed by atoms with Crippen LogP contribution in [0.15, 0.2) is 0 Å². The molecule has 0 radical (unpaired) electrons. The average molecular weight is 336 g/mol. The lowest BCUT2D eigenvalue weighted by Gasteiger charge is -2.38. The molecular formula is C12H21IN2O. The van der Waals surface area contributed by atoms with Crippen LogP contribution in [-0.2, 0) is 0 Å². The van der Waals surface area contributed by atoms with Gasteiger partial charge in [-0.05, 0) is 46.5 Å². The summed E-state index contributed by atoms with van der Waals surface area (Å²) in [5.41, 5.74) is -0.127. The van der Waals surface area contributed by atoms with Gasteiger partial charge in [-0.1, -0.05) is 22.6 Å². The lowest BCUT2D eigenvalue weighted by Crippen LogP contribution is -2.55. The molecule has 1 N–H and O–H groups in total. The molecule has 0 aromatic carbocycles. The molecule has 0 saturated carbocycles. The van der Waals surface area contributed by atoms with Crippen molar-refractivity contribution in [2.24, 2.45) is 0 Å². The Morgan fingerprint density at radius 3 is 2.19 bits per heavy atom. The zero-order chi connectivity index (χ0) is 11.9. The smallest absolute Gasteiger partial charge is 0.318 e. The van der Waals surface area contributed by atoms with E-state index in [4.69, 9.17) is 0 Å². The number of urea groups is 1. The number of carbonyl (C=O) groups excluding carboxylic acids is 1. The van der Waals surface area contributed by atoms with Gasteiger partial charge in [0.2, 0.25) is 0 Å². The summed E-state index contributed by atoms with van der Waals surface area (Å²) in [6.45, 7) is 6.12. The zero-order valence-electron chi connectivity index (χ0n) is 10.3. The molecule has 2 amide bonds. The number of amides is 2. The number of nitrogens with one attached hydrogen (secondary N) is 1. The molecule has 0 aromatic rings. The van der Waals surface area contributed by atoms with Gasteiger partial charge in [-0.15, -0.1) is 0 Å². The van der Waals surface area contributed by atoms with E-state index in [1.54, 1.807) is 0 Å². The lowest BCUT2D eigenvalue weighted by molar-refractivity contribution is 0.144. The van der Waals surface area contributed by atoms with Crippen molar-refractivity contribution in [3.63, 3.8) is 0 Å². The molecule has 2 saturated heterocycles. The van der Waals surface area contributed by atoms with Gasteiger partial charge in [-0.3, -0.25) is 0 Å². The van der Waals surface area contributed by atoms with Gasteiger partial charge >= 0.3 is 6.03 Å². The Labute approximate surface area is 111 Å². The number of alkyl halides is 1. The van der Waals surface area contributed by atoms with Crippen molar-refractivity contribution in [3.05, 3.63) is 0 Å². The maximum atomic E-state index is 12.2. The number of rotatable bonds is 0. The molecule has 3 atom stereocenters. The standard InChI is InChI=1S/C12H21IN2O/c1-12(2,3)14-11(16)15-9-4-5-10(15)7-8(13)6-9/h8-10H,4-7H2,1-3H3,(H,14,16)/t8?,9-,10+. The van der Waals surface area contributed by atoms with Crippen molar-refractivity contribution < 1.29 is 4.79 Å². The minimum absolute atomic E-state index is 0.127. The first-order chi connectivity index (χ1) is 7.37. The summed E-state index contributed by atoms with van der Waals surface area (Å²) in [6.07, 6.45) is 4.74. The van der Waals surface area contributed by atoms with Crippen molar-refractivity contribution in [3.8, 4) is 0 Å². The second-order valence-corrected chi connectivity index (χ2v) is 7.80. The summed E-state index contributed by atoms with van der Waals surface area (Å²) in [5.74, 6) is 0. The highest BCUT2D eigenvalue weighted by Crippen LogP contribution is 2.38. The number of hydrogen-bond acceptors (Lipinski definition) is 1. The normalized spacial score (nSPS) is 34.0. The number of nitrogens with zero attached hydrogens (tertiary/aromatic N) is 1. The highest BCUT2D eigenvalue weighted by atomic mass is 127. The van der Waals surface area contributed by atoms with Crippen molar-refractivity contribution in [1.82, 2.24) is 10.2 Å². The predicted octanol–water partition coefficient (Wildman–Crippen LogP) is 2.92. The molecule has 0 aromatic heterocycles. The van der Waals surface area contributed by atoms with Crippen LogP contribution < -0.4 is 5.32 Å². The maximum absolute atomic E-state index is 12.2. The van der Waals surface area contributed by atoms with Crippen LogP contribution in [0, 0.1) is 0 Å². The van der Waals surface area contributed by atoms with Crippen LogP contribution in [0.2, 0.25) is 0 Å². The van der Waals surface area contributed by atoms with Crippen LogP contribution in [0.5, 0.6) is 0 Å². The van der Waals surface area contributed by atoms with E-state index in [0.717, 1.165) is 3.92 Å². The summed E-state index contributed by atoms with van der Waals surface area (Å²) in [4.78, 5) is 14.3. The van der Waals surface area contributed by atoms with Gasteiger partial charge in [-0.2, -0.15) is 0 Å². The Morgan fingerprint density at radius 1 is 1.25 bits per heavy atom. The summed E-state index contributed by atoms with van der Waals surface area (Å²) in [5, 5.41) is 3.09. The van der Waals surface area contributed by atoms with Gasteiger partial charge in [0.25, 0.3) is 0 Å². The molecule has 2 fully saturated rings. The molecular weight excluding hydrogens is 315 g/mol. The van der Waals surface area contributed by atoms with Crippen LogP contribution in [0.4, 0.5) is 4.79 Å². The largest absolute Gasteiger partial charge is 0.333 e. The van der Waals surface area contributed by atoms with Gasteiger partial charge < -0.3 is 10.2 Å². The molecule has 92 valence electrons. The van der Waals surface area contributed by atoms with Gasteiger partial charge in [-0.25, -0.2) is 4.79 Å². The number of hydrogen-bond donors (Lipinski definition) is 1. The minimum Gasteiger partial charge on any atom is -0.333 e. The van der Waals surface area contributed by atoms with E-state index < -0.39 is 0 Å². The molecule has 0 spiro atoms. The fourth-order valence-corrected chi connectivity index (χ4v) is 4.00. The van der Waals surface area contributed by atoms with Gasteiger partial charge in [0, 0.05) is 21.5 Å². The van der Waals surface area contributed by atoms with E-state index in [1.807, 2.05) is 20.8 Å². The number of carbonyl (C=O) groups is 1. The van der Waals surface area contributed by atoms with E-state index in [-0.39, 0.29) is 11.6 Å². The Bertz CT molecular complexity index is 273. The summed E-state index contributed by atoms with van der Waals surface area (Å²) in [7, 11) is 0. The molecule has 3 nitrogen and oxygen atoms in total. The van der Waals surface area contributed by atoms with Crippen LogP contribution in [0.1, 0.15) is 46.5 Å². The van der Waals surface area contributed by atoms with Crippen molar-refractivity contribution in [2.45, 2.75) is 68.0 Å². The molecule has 0 aliphatic carbocycles. The van der Waals surface area contributed by atoms with E-state index >= 15 is 0 Å². The highest BCUT2D eigenvalue weighted by Gasteiger charge is 2.42. The second-order valence-electron chi connectivity index (χ2n) is 6.04. The Balaban J connectivity index is 2.03. The van der Waals surface area contributed by atoms with Crippen molar-refractivity contribution >= 4 is 28.6 Å². The first kappa shape index (κ1) is 12.5. The molecule has 2 heterocycles. The second kappa shape index (κ2) is 4.35. The first-order valence-electron chi connectivity index (χ1n) is 6.11. The highest BCUT2D eigenvalue weighted by molar-refractivity contribution is 14.1.